The summed E-state index contributed by atoms with van der Waals surface area (Å²) in [6, 6.07) is 5.40. The molecule has 1 unspecified atom stereocenters. The first-order chi connectivity index (χ1) is 9.61. The minimum atomic E-state index is -0.124. The van der Waals surface area contributed by atoms with Crippen LogP contribution in [-0.4, -0.2) is 39.3 Å². The van der Waals surface area contributed by atoms with Gasteiger partial charge in [-0.1, -0.05) is 0 Å². The SMILES string of the molecule is CNC(=O)c1ccc(N(C)CC2CCCCO2)c(N)c1. The normalized spacial score (nSPS) is 18.6. The number of rotatable bonds is 4. The van der Waals surface area contributed by atoms with Gasteiger partial charge in [-0.25, -0.2) is 0 Å². The highest BCUT2D eigenvalue weighted by Gasteiger charge is 2.17. The second kappa shape index (κ2) is 6.61. The Morgan fingerprint density at radius 3 is 2.90 bits per heavy atom. The molecule has 20 heavy (non-hydrogen) atoms. The van der Waals surface area contributed by atoms with Gasteiger partial charge < -0.3 is 20.7 Å². The molecule has 5 heteroatoms. The molecule has 1 atom stereocenters. The fraction of sp³-hybridized carbons (Fsp3) is 0.533. The lowest BCUT2D eigenvalue weighted by Crippen LogP contribution is -2.33. The molecule has 0 aliphatic carbocycles. The molecule has 1 saturated heterocycles. The Morgan fingerprint density at radius 1 is 1.50 bits per heavy atom. The van der Waals surface area contributed by atoms with Crippen LogP contribution >= 0.6 is 0 Å². The molecule has 0 aromatic heterocycles. The fourth-order valence-electron chi connectivity index (χ4n) is 2.54. The molecule has 1 aromatic rings. The maximum Gasteiger partial charge on any atom is 0.251 e. The number of hydrogen-bond donors (Lipinski definition) is 2. The van der Waals surface area contributed by atoms with Crippen LogP contribution in [-0.2, 0) is 4.74 Å². The number of likely N-dealkylation sites (N-methyl/N-ethyl adjacent to an activating group) is 1. The number of nitrogen functional groups attached to an aromatic ring is 1. The zero-order chi connectivity index (χ0) is 14.5. The van der Waals surface area contributed by atoms with E-state index in [0.717, 1.165) is 31.7 Å². The number of carbonyl (C=O) groups is 1. The van der Waals surface area contributed by atoms with Crippen molar-refractivity contribution in [2.75, 3.05) is 37.9 Å². The van der Waals surface area contributed by atoms with Crippen molar-refractivity contribution in [1.82, 2.24) is 5.32 Å². The van der Waals surface area contributed by atoms with Gasteiger partial charge in [0.05, 0.1) is 17.5 Å². The number of nitrogens with one attached hydrogen (secondary N) is 1. The summed E-state index contributed by atoms with van der Waals surface area (Å²) in [5.41, 5.74) is 8.19. The lowest BCUT2D eigenvalue weighted by molar-refractivity contribution is 0.0216. The number of amides is 1. The first-order valence-electron chi connectivity index (χ1n) is 7.06. The summed E-state index contributed by atoms with van der Waals surface area (Å²) in [7, 11) is 3.61. The molecule has 1 aliphatic heterocycles. The Morgan fingerprint density at radius 2 is 2.30 bits per heavy atom. The highest BCUT2D eigenvalue weighted by Crippen LogP contribution is 2.25. The summed E-state index contributed by atoms with van der Waals surface area (Å²) in [5.74, 6) is -0.124. The van der Waals surface area contributed by atoms with E-state index in [0.29, 0.717) is 11.3 Å². The molecule has 0 spiro atoms. The Bertz CT molecular complexity index is 470. The second-order valence-electron chi connectivity index (χ2n) is 5.22. The zero-order valence-corrected chi connectivity index (χ0v) is 12.2. The third-order valence-corrected chi connectivity index (χ3v) is 3.68. The van der Waals surface area contributed by atoms with Gasteiger partial charge in [0.25, 0.3) is 5.91 Å². The number of carbonyl (C=O) groups excluding carboxylic acids is 1. The Labute approximate surface area is 120 Å². The maximum atomic E-state index is 11.6. The van der Waals surface area contributed by atoms with E-state index in [4.69, 9.17) is 10.5 Å². The quantitative estimate of drug-likeness (QED) is 0.821. The van der Waals surface area contributed by atoms with Crippen LogP contribution < -0.4 is 16.0 Å². The van der Waals surface area contributed by atoms with Crippen molar-refractivity contribution in [2.24, 2.45) is 0 Å². The molecule has 2 rings (SSSR count). The molecule has 1 fully saturated rings. The van der Waals surface area contributed by atoms with Crippen molar-refractivity contribution in [3.63, 3.8) is 0 Å². The van der Waals surface area contributed by atoms with E-state index >= 15 is 0 Å². The Kier molecular flexibility index (Phi) is 4.84. The minimum Gasteiger partial charge on any atom is -0.397 e. The largest absolute Gasteiger partial charge is 0.397 e. The Balaban J connectivity index is 2.05. The van der Waals surface area contributed by atoms with Gasteiger partial charge in [0, 0.05) is 32.8 Å². The van der Waals surface area contributed by atoms with Crippen LogP contribution in [0.5, 0.6) is 0 Å². The number of hydrogen-bond acceptors (Lipinski definition) is 4. The summed E-state index contributed by atoms with van der Waals surface area (Å²) >= 11 is 0. The van der Waals surface area contributed by atoms with Gasteiger partial charge >= 0.3 is 0 Å². The van der Waals surface area contributed by atoms with Crippen molar-refractivity contribution in [3.05, 3.63) is 23.8 Å². The number of ether oxygens (including phenoxy) is 1. The predicted octanol–water partition coefficient (Wildman–Crippen LogP) is 1.63. The fourth-order valence-corrected chi connectivity index (χ4v) is 2.54. The average molecular weight is 277 g/mol. The number of nitrogens with zero attached hydrogens (tertiary/aromatic N) is 1. The van der Waals surface area contributed by atoms with Crippen LogP contribution in [0.1, 0.15) is 29.6 Å². The van der Waals surface area contributed by atoms with Crippen molar-refractivity contribution in [3.8, 4) is 0 Å². The van der Waals surface area contributed by atoms with Crippen LogP contribution in [0.4, 0.5) is 11.4 Å². The highest BCUT2D eigenvalue weighted by molar-refractivity contribution is 5.96. The molecule has 110 valence electrons. The summed E-state index contributed by atoms with van der Waals surface area (Å²) in [4.78, 5) is 13.7. The second-order valence-corrected chi connectivity index (χ2v) is 5.22. The monoisotopic (exact) mass is 277 g/mol. The minimum absolute atomic E-state index is 0.124. The third-order valence-electron chi connectivity index (χ3n) is 3.68. The molecule has 3 N–H and O–H groups in total. The van der Waals surface area contributed by atoms with E-state index in [1.165, 1.54) is 6.42 Å². The Hall–Kier alpha value is -1.75. The third kappa shape index (κ3) is 3.42. The maximum absolute atomic E-state index is 11.6. The van der Waals surface area contributed by atoms with Crippen LogP contribution in [0.3, 0.4) is 0 Å². The van der Waals surface area contributed by atoms with E-state index in [1.807, 2.05) is 13.1 Å². The lowest BCUT2D eigenvalue weighted by atomic mass is 10.1. The average Bonchev–Trinajstić information content (AvgIpc) is 2.47. The van der Waals surface area contributed by atoms with Gasteiger partial charge in [-0.2, -0.15) is 0 Å². The molecule has 0 saturated carbocycles. The summed E-state index contributed by atoms with van der Waals surface area (Å²) in [5, 5.41) is 2.59. The summed E-state index contributed by atoms with van der Waals surface area (Å²) in [6.45, 7) is 1.67. The first kappa shape index (κ1) is 14.7. The number of anilines is 2. The van der Waals surface area contributed by atoms with Gasteiger partial charge in [-0.05, 0) is 37.5 Å². The number of nitrogens with two attached hydrogens (primary N) is 1. The van der Waals surface area contributed by atoms with E-state index in [9.17, 15) is 4.79 Å². The molecule has 1 heterocycles. The molecule has 1 amide bonds. The lowest BCUT2D eigenvalue weighted by Gasteiger charge is -2.29. The molecule has 1 aromatic carbocycles. The van der Waals surface area contributed by atoms with E-state index in [1.54, 1.807) is 19.2 Å². The molecular formula is C15H23N3O2. The van der Waals surface area contributed by atoms with Crippen LogP contribution in [0.2, 0.25) is 0 Å². The molecule has 0 radical (unpaired) electrons. The summed E-state index contributed by atoms with van der Waals surface area (Å²) < 4.78 is 5.74. The van der Waals surface area contributed by atoms with Gasteiger partial charge in [-0.15, -0.1) is 0 Å². The van der Waals surface area contributed by atoms with Gasteiger partial charge in [0.15, 0.2) is 0 Å². The van der Waals surface area contributed by atoms with Gasteiger partial charge in [0.2, 0.25) is 0 Å². The molecular weight excluding hydrogens is 254 g/mol. The van der Waals surface area contributed by atoms with Gasteiger partial charge in [0.1, 0.15) is 0 Å². The molecule has 5 nitrogen and oxygen atoms in total. The zero-order valence-electron chi connectivity index (χ0n) is 12.2. The highest BCUT2D eigenvalue weighted by atomic mass is 16.5. The number of benzene rings is 1. The van der Waals surface area contributed by atoms with Crippen molar-refractivity contribution < 1.29 is 9.53 Å². The molecule has 0 bridgehead atoms. The van der Waals surface area contributed by atoms with Crippen molar-refractivity contribution in [1.29, 1.82) is 0 Å². The smallest absolute Gasteiger partial charge is 0.251 e. The van der Waals surface area contributed by atoms with Crippen LogP contribution in [0.25, 0.3) is 0 Å². The molecule has 1 aliphatic rings. The first-order valence-corrected chi connectivity index (χ1v) is 7.06. The van der Waals surface area contributed by atoms with E-state index < -0.39 is 0 Å². The van der Waals surface area contributed by atoms with E-state index in [-0.39, 0.29) is 12.0 Å². The van der Waals surface area contributed by atoms with Crippen LogP contribution in [0.15, 0.2) is 18.2 Å². The topological polar surface area (TPSA) is 67.6 Å². The van der Waals surface area contributed by atoms with Crippen molar-refractivity contribution >= 4 is 17.3 Å². The standard InChI is InChI=1S/C15H23N3O2/c1-17-15(19)11-6-7-14(13(16)9-11)18(2)10-12-5-3-4-8-20-12/h6-7,9,12H,3-5,8,10,16H2,1-2H3,(H,17,19). The predicted molar refractivity (Wildman–Crippen MR) is 81.1 cm³/mol. The van der Waals surface area contributed by atoms with Crippen LogP contribution in [0, 0.1) is 0 Å². The van der Waals surface area contributed by atoms with E-state index in [2.05, 4.69) is 10.2 Å². The van der Waals surface area contributed by atoms with Crippen molar-refractivity contribution in [2.45, 2.75) is 25.4 Å². The van der Waals surface area contributed by atoms with Gasteiger partial charge in [-0.3, -0.25) is 4.79 Å². The summed E-state index contributed by atoms with van der Waals surface area (Å²) in [6.07, 6.45) is 3.75.